The molecule has 0 aliphatic heterocycles. The molecule has 0 bridgehead atoms. The number of hydrogen-bond donors (Lipinski definition) is 0. The third-order valence-corrected chi connectivity index (χ3v) is 5.07. The van der Waals surface area contributed by atoms with Gasteiger partial charge in [0.25, 0.3) is 0 Å². The Morgan fingerprint density at radius 1 is 1.24 bits per heavy atom. The van der Waals surface area contributed by atoms with Crippen LogP contribution in [0.15, 0.2) is 41.3 Å². The number of carbonyl (C=O) groups is 2. The Labute approximate surface area is 136 Å². The number of hydrogen-bond acceptors (Lipinski definition) is 5. The van der Waals surface area contributed by atoms with E-state index in [-0.39, 0.29) is 18.1 Å². The molecule has 21 heavy (non-hydrogen) atoms. The van der Waals surface area contributed by atoms with E-state index >= 15 is 0 Å². The summed E-state index contributed by atoms with van der Waals surface area (Å²) in [7, 11) is 0. The average Bonchev–Trinajstić information content (AvgIpc) is 2.90. The highest BCUT2D eigenvalue weighted by Gasteiger charge is 2.12. The molecule has 3 nitrogen and oxygen atoms in total. The molecule has 0 saturated heterocycles. The Morgan fingerprint density at radius 2 is 2.00 bits per heavy atom. The predicted molar refractivity (Wildman–Crippen MR) is 86.5 cm³/mol. The van der Waals surface area contributed by atoms with Crippen LogP contribution in [-0.4, -0.2) is 24.1 Å². The number of rotatable bonds is 6. The number of benzene rings is 1. The third-order valence-electron chi connectivity index (χ3n) is 2.65. The van der Waals surface area contributed by atoms with E-state index in [1.54, 1.807) is 12.1 Å². The van der Waals surface area contributed by atoms with Crippen LogP contribution in [0.25, 0.3) is 0 Å². The zero-order valence-electron chi connectivity index (χ0n) is 11.3. The summed E-state index contributed by atoms with van der Waals surface area (Å²) in [6, 6.07) is 11.1. The van der Waals surface area contributed by atoms with Crippen molar-refractivity contribution in [2.75, 3.05) is 12.4 Å². The highest BCUT2D eigenvalue weighted by molar-refractivity contribution is 8.00. The lowest BCUT2D eigenvalue weighted by molar-refractivity contribution is -0.139. The molecule has 0 fully saturated rings. The van der Waals surface area contributed by atoms with E-state index in [4.69, 9.17) is 16.3 Å². The molecule has 0 atom stereocenters. The molecule has 0 spiro atoms. The second kappa shape index (κ2) is 7.64. The van der Waals surface area contributed by atoms with E-state index < -0.39 is 5.97 Å². The summed E-state index contributed by atoms with van der Waals surface area (Å²) in [5.74, 6) is -0.455. The van der Waals surface area contributed by atoms with Crippen molar-refractivity contribution >= 4 is 46.5 Å². The van der Waals surface area contributed by atoms with Crippen molar-refractivity contribution in [3.63, 3.8) is 0 Å². The van der Waals surface area contributed by atoms with Crippen LogP contribution in [0, 0.1) is 6.92 Å². The Morgan fingerprint density at radius 3 is 2.67 bits per heavy atom. The van der Waals surface area contributed by atoms with Crippen LogP contribution in [0.5, 0.6) is 0 Å². The molecule has 0 aliphatic carbocycles. The molecule has 0 radical (unpaired) electrons. The standard InChI is InChI=1S/C15H13ClO3S2/c1-10-4-2-3-5-12(10)20-9-15(18)19-8-11(17)13-6-7-14(16)21-13/h2-7H,8-9H2,1H3. The molecule has 0 amide bonds. The first-order valence-corrected chi connectivity index (χ1v) is 8.37. The summed E-state index contributed by atoms with van der Waals surface area (Å²) in [5, 5.41) is 0. The lowest BCUT2D eigenvalue weighted by Crippen LogP contribution is -2.14. The summed E-state index contributed by atoms with van der Waals surface area (Å²) < 4.78 is 5.52. The normalized spacial score (nSPS) is 10.4. The van der Waals surface area contributed by atoms with Gasteiger partial charge in [0.2, 0.25) is 5.78 Å². The lowest BCUT2D eigenvalue weighted by Gasteiger charge is -2.05. The van der Waals surface area contributed by atoms with Gasteiger partial charge in [-0.15, -0.1) is 23.1 Å². The van der Waals surface area contributed by atoms with Gasteiger partial charge < -0.3 is 4.74 Å². The maximum atomic E-state index is 11.8. The third kappa shape index (κ3) is 4.88. The number of carbonyl (C=O) groups excluding carboxylic acids is 2. The summed E-state index contributed by atoms with van der Waals surface area (Å²) >= 11 is 8.34. The largest absolute Gasteiger partial charge is 0.457 e. The molecule has 0 N–H and O–H groups in total. The fourth-order valence-electron chi connectivity index (χ4n) is 1.58. The van der Waals surface area contributed by atoms with Crippen LogP contribution in [-0.2, 0) is 9.53 Å². The smallest absolute Gasteiger partial charge is 0.316 e. The molecule has 2 rings (SSSR count). The van der Waals surface area contributed by atoms with Gasteiger partial charge in [-0.3, -0.25) is 9.59 Å². The molecule has 6 heteroatoms. The Bertz CT molecular complexity index is 652. The highest BCUT2D eigenvalue weighted by atomic mass is 35.5. The van der Waals surface area contributed by atoms with Gasteiger partial charge in [0.1, 0.15) is 0 Å². The number of thioether (sulfide) groups is 1. The molecule has 1 aromatic heterocycles. The summed E-state index contributed by atoms with van der Waals surface area (Å²) in [6.07, 6.45) is 0. The lowest BCUT2D eigenvalue weighted by atomic mass is 10.2. The summed E-state index contributed by atoms with van der Waals surface area (Å²) in [6.45, 7) is 1.74. The van der Waals surface area contributed by atoms with Gasteiger partial charge in [-0.25, -0.2) is 0 Å². The van der Waals surface area contributed by atoms with Crippen molar-refractivity contribution < 1.29 is 14.3 Å². The number of esters is 1. The number of thiophene rings is 1. The van der Waals surface area contributed by atoms with Crippen molar-refractivity contribution in [1.29, 1.82) is 0 Å². The van der Waals surface area contributed by atoms with Crippen LogP contribution in [0.1, 0.15) is 15.2 Å². The second-order valence-electron chi connectivity index (χ2n) is 4.24. The molecule has 0 unspecified atom stereocenters. The molecule has 0 aliphatic rings. The number of halogens is 1. The molecule has 1 aromatic carbocycles. The Kier molecular flexibility index (Phi) is 5.85. The van der Waals surface area contributed by atoms with Crippen molar-refractivity contribution in [2.24, 2.45) is 0 Å². The van der Waals surface area contributed by atoms with Crippen LogP contribution in [0.4, 0.5) is 0 Å². The van der Waals surface area contributed by atoms with Gasteiger partial charge >= 0.3 is 5.97 Å². The number of ketones is 1. The van der Waals surface area contributed by atoms with E-state index in [0.29, 0.717) is 9.21 Å². The monoisotopic (exact) mass is 340 g/mol. The van der Waals surface area contributed by atoms with E-state index in [1.165, 1.54) is 23.1 Å². The van der Waals surface area contributed by atoms with Gasteiger partial charge in [-0.2, -0.15) is 0 Å². The minimum atomic E-state index is -0.403. The van der Waals surface area contributed by atoms with Crippen LogP contribution in [0.3, 0.4) is 0 Å². The fourth-order valence-corrected chi connectivity index (χ4v) is 3.37. The first-order valence-electron chi connectivity index (χ1n) is 6.19. The topological polar surface area (TPSA) is 43.4 Å². The molecule has 110 valence electrons. The van der Waals surface area contributed by atoms with E-state index in [0.717, 1.165) is 10.5 Å². The van der Waals surface area contributed by atoms with E-state index in [1.807, 2.05) is 31.2 Å². The summed E-state index contributed by atoms with van der Waals surface area (Å²) in [4.78, 5) is 24.9. The number of ether oxygens (including phenoxy) is 1. The van der Waals surface area contributed by atoms with Crippen LogP contribution >= 0.6 is 34.7 Å². The molecular formula is C15H13ClO3S2. The maximum Gasteiger partial charge on any atom is 0.316 e. The minimum Gasteiger partial charge on any atom is -0.457 e. The van der Waals surface area contributed by atoms with Crippen molar-refractivity contribution in [3.05, 3.63) is 51.2 Å². The average molecular weight is 341 g/mol. The SMILES string of the molecule is Cc1ccccc1SCC(=O)OCC(=O)c1ccc(Cl)s1. The maximum absolute atomic E-state index is 11.8. The fraction of sp³-hybridized carbons (Fsp3) is 0.200. The van der Waals surface area contributed by atoms with Gasteiger partial charge in [-0.1, -0.05) is 29.8 Å². The van der Waals surface area contributed by atoms with Gasteiger partial charge in [0.15, 0.2) is 6.61 Å². The summed E-state index contributed by atoms with van der Waals surface area (Å²) in [5.41, 5.74) is 1.11. The molecular weight excluding hydrogens is 328 g/mol. The number of aryl methyl sites for hydroxylation is 1. The number of Topliss-reactive ketones (excluding diaryl/α,β-unsaturated/α-hetero) is 1. The quantitative estimate of drug-likeness (QED) is 0.448. The van der Waals surface area contributed by atoms with E-state index in [9.17, 15) is 9.59 Å². The van der Waals surface area contributed by atoms with Crippen LogP contribution in [0.2, 0.25) is 4.34 Å². The van der Waals surface area contributed by atoms with Crippen molar-refractivity contribution in [2.45, 2.75) is 11.8 Å². The van der Waals surface area contributed by atoms with Gasteiger partial charge in [0, 0.05) is 4.90 Å². The van der Waals surface area contributed by atoms with Crippen LogP contribution < -0.4 is 0 Å². The van der Waals surface area contributed by atoms with Gasteiger partial charge in [0.05, 0.1) is 15.0 Å². The Hall–Kier alpha value is -1.30. The Balaban J connectivity index is 1.78. The van der Waals surface area contributed by atoms with Crippen molar-refractivity contribution in [3.8, 4) is 0 Å². The first kappa shape index (κ1) is 16.1. The molecule has 2 aromatic rings. The van der Waals surface area contributed by atoms with Gasteiger partial charge in [-0.05, 0) is 30.7 Å². The van der Waals surface area contributed by atoms with E-state index in [2.05, 4.69) is 0 Å². The predicted octanol–water partition coefficient (Wildman–Crippen LogP) is 4.23. The highest BCUT2D eigenvalue weighted by Crippen LogP contribution is 2.23. The zero-order chi connectivity index (χ0) is 15.2. The second-order valence-corrected chi connectivity index (χ2v) is 6.97. The van der Waals surface area contributed by atoms with Crippen molar-refractivity contribution in [1.82, 2.24) is 0 Å². The minimum absolute atomic E-state index is 0.184. The molecule has 1 heterocycles. The molecule has 0 saturated carbocycles. The first-order chi connectivity index (χ1) is 10.1. The zero-order valence-corrected chi connectivity index (χ0v) is 13.7.